The second-order valence-electron chi connectivity index (χ2n) is 8.81. The molecule has 0 aliphatic rings. The number of methoxy groups -OCH3 is 1. The predicted molar refractivity (Wildman–Crippen MR) is 169 cm³/mol. The van der Waals surface area contributed by atoms with Crippen LogP contribution in [0.4, 0.5) is 21.9 Å². The van der Waals surface area contributed by atoms with Gasteiger partial charge in [0.1, 0.15) is 12.4 Å². The number of rotatable bonds is 10. The van der Waals surface area contributed by atoms with Gasteiger partial charge in [-0.05, 0) is 60.2 Å². The molecule has 2 amide bonds. The molecule has 0 radical (unpaired) electrons. The van der Waals surface area contributed by atoms with Gasteiger partial charge in [-0.15, -0.1) is 0 Å². The van der Waals surface area contributed by atoms with Crippen molar-refractivity contribution in [2.45, 2.75) is 26.6 Å². The lowest BCUT2D eigenvalue weighted by Gasteiger charge is -2.29. The number of anilines is 3. The summed E-state index contributed by atoms with van der Waals surface area (Å²) in [5.41, 5.74) is 8.04. The molecule has 4 rings (SSSR count). The molecule has 0 bridgehead atoms. The van der Waals surface area contributed by atoms with Crippen LogP contribution in [0.5, 0.6) is 5.75 Å². The normalized spacial score (nSPS) is 10.8. The summed E-state index contributed by atoms with van der Waals surface area (Å²) in [5, 5.41) is 6.67. The monoisotopic (exact) mass is 603 g/mol. The Balaban J connectivity index is 0.00000248. The molecule has 0 aliphatic carbocycles. The highest BCUT2D eigenvalue weighted by atomic mass is 35.5. The minimum absolute atomic E-state index is 0.0305. The molecule has 0 spiro atoms. The Morgan fingerprint density at radius 1 is 0.907 bits per heavy atom. The van der Waals surface area contributed by atoms with Crippen molar-refractivity contribution in [2.24, 2.45) is 5.84 Å². The van der Waals surface area contributed by atoms with Gasteiger partial charge in [0.25, 0.3) is 5.91 Å². The molecule has 4 aromatic carbocycles. The second kappa shape index (κ2) is 15.8. The molecular formula is C32H34ClN5O5. The summed E-state index contributed by atoms with van der Waals surface area (Å²) in [7, 11) is 1.46. The van der Waals surface area contributed by atoms with E-state index in [1.165, 1.54) is 19.2 Å². The number of ketones is 1. The van der Waals surface area contributed by atoms with Crippen molar-refractivity contribution >= 4 is 46.4 Å². The van der Waals surface area contributed by atoms with Crippen LogP contribution in [0.1, 0.15) is 35.3 Å². The summed E-state index contributed by atoms with van der Waals surface area (Å²) in [5.74, 6) is 5.57. The van der Waals surface area contributed by atoms with Crippen LogP contribution in [0.3, 0.4) is 0 Å². The Morgan fingerprint density at radius 3 is 2.21 bits per heavy atom. The minimum Gasteiger partial charge on any atom is -0.497 e. The van der Waals surface area contributed by atoms with Gasteiger partial charge < -0.3 is 20.5 Å². The van der Waals surface area contributed by atoms with E-state index in [1.807, 2.05) is 32.0 Å². The van der Waals surface area contributed by atoms with E-state index in [2.05, 4.69) is 10.6 Å². The van der Waals surface area contributed by atoms with Gasteiger partial charge in [-0.2, -0.15) is 0 Å². The number of ether oxygens (including phenoxy) is 2. The Morgan fingerprint density at radius 2 is 1.56 bits per heavy atom. The van der Waals surface area contributed by atoms with Gasteiger partial charge >= 0.3 is 6.09 Å². The maximum atomic E-state index is 13.7. The molecule has 0 saturated carbocycles. The fourth-order valence-corrected chi connectivity index (χ4v) is 4.03. The van der Waals surface area contributed by atoms with E-state index in [-0.39, 0.29) is 35.0 Å². The number of hydrogen-bond acceptors (Lipinski definition) is 8. The van der Waals surface area contributed by atoms with Crippen LogP contribution < -0.4 is 32.0 Å². The van der Waals surface area contributed by atoms with E-state index >= 15 is 0 Å². The van der Waals surface area contributed by atoms with Crippen molar-refractivity contribution in [1.82, 2.24) is 5.32 Å². The number of alkyl carbamates (subject to hydrolysis) is 1. The van der Waals surface area contributed by atoms with Crippen LogP contribution in [-0.2, 0) is 16.1 Å². The molecule has 0 heterocycles. The van der Waals surface area contributed by atoms with Crippen LogP contribution in [0.2, 0.25) is 5.02 Å². The molecule has 11 heteroatoms. The summed E-state index contributed by atoms with van der Waals surface area (Å²) >= 11 is 5.98. The number of nitrogens with two attached hydrogens (primary N) is 2. The quantitative estimate of drug-likeness (QED) is 0.0588. The Bertz CT molecular complexity index is 1530. The number of nitrogens with zero attached hydrogens (tertiary/aromatic N) is 1. The number of hydrazine groups is 1. The number of benzene rings is 4. The summed E-state index contributed by atoms with van der Waals surface area (Å²) in [6, 6.07) is 26.5. The largest absolute Gasteiger partial charge is 0.497 e. The van der Waals surface area contributed by atoms with Gasteiger partial charge in [-0.25, -0.2) is 10.6 Å². The van der Waals surface area contributed by atoms with Crippen LogP contribution in [0.25, 0.3) is 0 Å². The molecule has 1 unspecified atom stereocenters. The summed E-state index contributed by atoms with van der Waals surface area (Å²) in [6.45, 7) is 3.97. The van der Waals surface area contributed by atoms with Gasteiger partial charge in [0.2, 0.25) is 0 Å². The second-order valence-corrected chi connectivity index (χ2v) is 9.25. The van der Waals surface area contributed by atoms with E-state index in [9.17, 15) is 14.4 Å². The summed E-state index contributed by atoms with van der Waals surface area (Å²) in [6.07, 6.45) is -2.38. The molecule has 0 saturated heterocycles. The molecule has 1 atom stereocenters. The van der Waals surface area contributed by atoms with Crippen LogP contribution in [0, 0.1) is 0 Å². The molecule has 6 N–H and O–H groups in total. The molecule has 224 valence electrons. The Hall–Kier alpha value is -5.06. The molecule has 43 heavy (non-hydrogen) atoms. The van der Waals surface area contributed by atoms with Crippen molar-refractivity contribution in [3.8, 4) is 5.75 Å². The number of hydrogen-bond donors (Lipinski definition) is 4. The number of carbonyl (C=O) groups excluding carboxylic acids is 3. The number of amides is 2. The zero-order valence-electron chi connectivity index (χ0n) is 24.0. The number of halogens is 1. The molecule has 0 aliphatic heterocycles. The lowest BCUT2D eigenvalue weighted by atomic mass is 10.0. The third kappa shape index (κ3) is 8.71. The fraction of sp³-hybridized carbons (Fsp3) is 0.156. The molecule has 0 fully saturated rings. The van der Waals surface area contributed by atoms with Crippen molar-refractivity contribution < 1.29 is 23.9 Å². The maximum Gasteiger partial charge on any atom is 0.409 e. The highest BCUT2D eigenvalue weighted by molar-refractivity contribution is 6.30. The summed E-state index contributed by atoms with van der Waals surface area (Å²) in [4.78, 5) is 39.8. The third-order valence-corrected chi connectivity index (χ3v) is 6.30. The lowest BCUT2D eigenvalue weighted by molar-refractivity contribution is -0.118. The number of carbonyl (C=O) groups is 3. The Labute approximate surface area is 255 Å². The number of nitrogen functional groups attached to an aromatic ring is 1. The molecular weight excluding hydrogens is 570 g/mol. The van der Waals surface area contributed by atoms with E-state index in [1.54, 1.807) is 66.7 Å². The first-order chi connectivity index (χ1) is 20.8. The molecule has 10 nitrogen and oxygen atoms in total. The first-order valence-electron chi connectivity index (χ1n) is 13.4. The topological polar surface area (TPSA) is 149 Å². The van der Waals surface area contributed by atoms with Crippen molar-refractivity contribution in [3.05, 3.63) is 119 Å². The van der Waals surface area contributed by atoms with Crippen LogP contribution in [-0.4, -0.2) is 31.1 Å². The standard InChI is InChI=1S/C30H28ClN5O5.C2H6/c1-40-22-15-16-25(23(17-22)27(37)20-11-13-21(31)14-12-20)34-29(38)28(36(33)26-10-6-5-9-24(26)32)35-30(39)41-18-19-7-3-2-4-8-19;1-2/h2-17,28H,18,32-33H2,1H3,(H,34,38)(H,35,39);1-2H3. The number of nitrogens with one attached hydrogen (secondary N) is 2. The van der Waals surface area contributed by atoms with Gasteiger partial charge in [-0.1, -0.05) is 67.9 Å². The average molecular weight is 604 g/mol. The van der Waals surface area contributed by atoms with E-state index < -0.39 is 18.2 Å². The fourth-order valence-electron chi connectivity index (χ4n) is 3.90. The highest BCUT2D eigenvalue weighted by Crippen LogP contribution is 2.27. The third-order valence-electron chi connectivity index (χ3n) is 6.04. The zero-order valence-corrected chi connectivity index (χ0v) is 24.8. The first-order valence-corrected chi connectivity index (χ1v) is 13.8. The van der Waals surface area contributed by atoms with Gasteiger partial charge in [-0.3, -0.25) is 19.9 Å². The van der Waals surface area contributed by atoms with E-state index in [0.717, 1.165) is 10.6 Å². The van der Waals surface area contributed by atoms with Crippen LogP contribution in [0.15, 0.2) is 97.1 Å². The van der Waals surface area contributed by atoms with Gasteiger partial charge in [0.15, 0.2) is 11.9 Å². The average Bonchev–Trinajstić information content (AvgIpc) is 3.04. The van der Waals surface area contributed by atoms with Crippen LogP contribution >= 0.6 is 11.6 Å². The molecule has 0 aromatic heterocycles. The highest BCUT2D eigenvalue weighted by Gasteiger charge is 2.29. The zero-order chi connectivity index (χ0) is 31.4. The smallest absolute Gasteiger partial charge is 0.409 e. The van der Waals surface area contributed by atoms with Crippen molar-refractivity contribution in [3.63, 3.8) is 0 Å². The maximum absolute atomic E-state index is 13.7. The van der Waals surface area contributed by atoms with Crippen molar-refractivity contribution in [2.75, 3.05) is 23.2 Å². The predicted octanol–water partition coefficient (Wildman–Crippen LogP) is 5.76. The van der Waals surface area contributed by atoms with Crippen molar-refractivity contribution in [1.29, 1.82) is 0 Å². The lowest BCUT2D eigenvalue weighted by Crippen LogP contribution is -2.58. The van der Waals surface area contributed by atoms with Gasteiger partial charge in [0.05, 0.1) is 24.2 Å². The minimum atomic E-state index is -1.48. The first kappa shape index (κ1) is 32.5. The SMILES string of the molecule is CC.COc1ccc(NC(=O)C(NC(=O)OCc2ccccc2)N(N)c2ccccc2N)c(C(=O)c2ccc(Cl)cc2)c1. The van der Waals surface area contributed by atoms with Gasteiger partial charge in [0, 0.05) is 16.1 Å². The summed E-state index contributed by atoms with van der Waals surface area (Å²) < 4.78 is 10.6. The van der Waals surface area contributed by atoms with E-state index in [0.29, 0.717) is 16.3 Å². The molecule has 4 aromatic rings. The number of para-hydroxylation sites is 2. The van der Waals surface area contributed by atoms with E-state index in [4.69, 9.17) is 32.7 Å². The Kier molecular flexibility index (Phi) is 11.9.